The summed E-state index contributed by atoms with van der Waals surface area (Å²) in [5, 5.41) is 10.4. The van der Waals surface area contributed by atoms with Crippen LogP contribution in [0.15, 0.2) is 48.7 Å². The molecule has 0 bridgehead atoms. The van der Waals surface area contributed by atoms with Gasteiger partial charge in [-0.1, -0.05) is 31.2 Å². The van der Waals surface area contributed by atoms with Crippen molar-refractivity contribution in [1.82, 2.24) is 4.98 Å². The van der Waals surface area contributed by atoms with Gasteiger partial charge in [-0.05, 0) is 29.7 Å². The monoisotopic (exact) mass is 327 g/mol. The van der Waals surface area contributed by atoms with E-state index in [0.29, 0.717) is 17.3 Å². The minimum atomic E-state index is -0.918. The Kier molecular flexibility index (Phi) is 5.92. The highest BCUT2D eigenvalue weighted by atomic mass is 16.5. The lowest BCUT2D eigenvalue weighted by Gasteiger charge is -2.22. The fourth-order valence-electron chi connectivity index (χ4n) is 2.23. The zero-order valence-electron chi connectivity index (χ0n) is 13.8. The van der Waals surface area contributed by atoms with E-state index in [-0.39, 0.29) is 6.42 Å². The molecule has 6 nitrogen and oxygen atoms in total. The van der Waals surface area contributed by atoms with Crippen molar-refractivity contribution in [3.05, 3.63) is 59.8 Å². The van der Waals surface area contributed by atoms with Crippen LogP contribution in [0.25, 0.3) is 5.70 Å². The third-order valence-electron chi connectivity index (χ3n) is 3.60. The van der Waals surface area contributed by atoms with Gasteiger partial charge in [-0.3, -0.25) is 9.80 Å². The standard InChI is InChI=1S/C18H21N3O3/c1-3-13-4-6-14(7-5-13)16(9-11-18(22)23)21(19)15-8-10-17(24-2)20-12-15/h4-10,12H,3,11,19H2,1-2H3,(H,22,23)/b16-9-. The lowest BCUT2D eigenvalue weighted by molar-refractivity contribution is -0.135. The van der Waals surface area contributed by atoms with Crippen molar-refractivity contribution in [3.8, 4) is 5.88 Å². The lowest BCUT2D eigenvalue weighted by Crippen LogP contribution is -2.29. The molecule has 3 N–H and O–H groups in total. The molecule has 0 spiro atoms. The Morgan fingerprint density at radius 3 is 2.50 bits per heavy atom. The van der Waals surface area contributed by atoms with Gasteiger partial charge in [-0.25, -0.2) is 10.8 Å². The third kappa shape index (κ3) is 4.33. The second-order valence-corrected chi connectivity index (χ2v) is 5.17. The molecular formula is C18H21N3O3. The number of hydrazine groups is 1. The average molecular weight is 327 g/mol. The molecule has 0 amide bonds. The van der Waals surface area contributed by atoms with Crippen LogP contribution >= 0.6 is 0 Å². The summed E-state index contributed by atoms with van der Waals surface area (Å²) in [5.41, 5.74) is 3.27. The topological polar surface area (TPSA) is 88.7 Å². The van der Waals surface area contributed by atoms with Crippen molar-refractivity contribution in [2.75, 3.05) is 12.1 Å². The van der Waals surface area contributed by atoms with Crippen LogP contribution in [-0.2, 0) is 11.2 Å². The Labute approximate surface area is 141 Å². The molecule has 1 aromatic carbocycles. The summed E-state index contributed by atoms with van der Waals surface area (Å²) in [6, 6.07) is 11.3. The Balaban J connectivity index is 2.36. The van der Waals surface area contributed by atoms with Gasteiger partial charge in [0, 0.05) is 6.07 Å². The Morgan fingerprint density at radius 2 is 2.00 bits per heavy atom. The molecule has 2 aromatic rings. The molecule has 0 unspecified atom stereocenters. The zero-order valence-corrected chi connectivity index (χ0v) is 13.8. The van der Waals surface area contributed by atoms with Gasteiger partial charge < -0.3 is 9.84 Å². The number of hydrogen-bond acceptors (Lipinski definition) is 5. The smallest absolute Gasteiger partial charge is 0.307 e. The van der Waals surface area contributed by atoms with Crippen LogP contribution in [0.1, 0.15) is 24.5 Å². The van der Waals surface area contributed by atoms with E-state index in [4.69, 9.17) is 15.7 Å². The van der Waals surface area contributed by atoms with Crippen molar-refractivity contribution < 1.29 is 14.6 Å². The number of nitrogens with two attached hydrogens (primary N) is 1. The summed E-state index contributed by atoms with van der Waals surface area (Å²) in [6.07, 6.45) is 3.98. The number of hydrogen-bond donors (Lipinski definition) is 2. The number of carbonyl (C=O) groups is 1. The first-order valence-electron chi connectivity index (χ1n) is 7.61. The normalized spacial score (nSPS) is 11.2. The number of rotatable bonds is 7. The number of carboxylic acid groups (broad SMARTS) is 1. The molecule has 24 heavy (non-hydrogen) atoms. The molecule has 0 fully saturated rings. The highest BCUT2D eigenvalue weighted by Crippen LogP contribution is 2.24. The van der Waals surface area contributed by atoms with Gasteiger partial charge in [0.25, 0.3) is 0 Å². The van der Waals surface area contributed by atoms with Gasteiger partial charge >= 0.3 is 5.97 Å². The number of pyridine rings is 1. The molecule has 0 saturated carbocycles. The largest absolute Gasteiger partial charge is 0.481 e. The van der Waals surface area contributed by atoms with E-state index in [2.05, 4.69) is 11.9 Å². The molecule has 0 radical (unpaired) electrons. The maximum atomic E-state index is 10.9. The van der Waals surface area contributed by atoms with Gasteiger partial charge in [-0.2, -0.15) is 0 Å². The number of nitrogens with zero attached hydrogens (tertiary/aromatic N) is 2. The van der Waals surface area contributed by atoms with E-state index in [1.807, 2.05) is 24.3 Å². The fraction of sp³-hybridized carbons (Fsp3) is 0.222. The van der Waals surface area contributed by atoms with E-state index >= 15 is 0 Å². The van der Waals surface area contributed by atoms with Gasteiger partial charge in [0.15, 0.2) is 0 Å². The summed E-state index contributed by atoms with van der Waals surface area (Å²) in [6.45, 7) is 2.08. The highest BCUT2D eigenvalue weighted by molar-refractivity contribution is 5.81. The summed E-state index contributed by atoms with van der Waals surface area (Å²) in [4.78, 5) is 15.1. The van der Waals surface area contributed by atoms with Crippen molar-refractivity contribution in [2.24, 2.45) is 5.84 Å². The number of methoxy groups -OCH3 is 1. The number of anilines is 1. The van der Waals surface area contributed by atoms with Gasteiger partial charge in [-0.15, -0.1) is 0 Å². The molecule has 1 aromatic heterocycles. The quantitative estimate of drug-likeness (QED) is 0.600. The molecule has 1 heterocycles. The first-order chi connectivity index (χ1) is 11.5. The average Bonchev–Trinajstić information content (AvgIpc) is 2.62. The summed E-state index contributed by atoms with van der Waals surface area (Å²) in [7, 11) is 1.54. The van der Waals surface area contributed by atoms with Crippen LogP contribution in [0.4, 0.5) is 5.69 Å². The molecule has 6 heteroatoms. The lowest BCUT2D eigenvalue weighted by atomic mass is 10.1. The van der Waals surface area contributed by atoms with E-state index in [1.165, 1.54) is 17.7 Å². The number of benzene rings is 1. The van der Waals surface area contributed by atoms with Gasteiger partial charge in [0.1, 0.15) is 0 Å². The number of aliphatic carboxylic acids is 1. The van der Waals surface area contributed by atoms with Crippen molar-refractivity contribution in [3.63, 3.8) is 0 Å². The van der Waals surface area contributed by atoms with Crippen LogP contribution < -0.4 is 15.6 Å². The molecule has 0 aliphatic rings. The van der Waals surface area contributed by atoms with E-state index in [9.17, 15) is 4.79 Å². The Morgan fingerprint density at radius 1 is 1.29 bits per heavy atom. The summed E-state index contributed by atoms with van der Waals surface area (Å²) in [5.74, 6) is 5.78. The number of carboxylic acids is 1. The van der Waals surface area contributed by atoms with E-state index < -0.39 is 5.97 Å². The van der Waals surface area contributed by atoms with Crippen LogP contribution in [0.3, 0.4) is 0 Å². The van der Waals surface area contributed by atoms with E-state index in [1.54, 1.807) is 24.4 Å². The van der Waals surface area contributed by atoms with Crippen molar-refractivity contribution in [2.45, 2.75) is 19.8 Å². The fourth-order valence-corrected chi connectivity index (χ4v) is 2.23. The SMILES string of the molecule is CCc1ccc(/C(=C/CC(=O)O)N(N)c2ccc(OC)nc2)cc1. The molecular weight excluding hydrogens is 306 g/mol. The van der Waals surface area contributed by atoms with Crippen molar-refractivity contribution in [1.29, 1.82) is 0 Å². The predicted molar refractivity (Wildman–Crippen MR) is 93.5 cm³/mol. The first-order valence-corrected chi connectivity index (χ1v) is 7.61. The second kappa shape index (κ2) is 8.12. The first kappa shape index (κ1) is 17.5. The molecule has 126 valence electrons. The molecule has 2 rings (SSSR count). The summed E-state index contributed by atoms with van der Waals surface area (Å²) >= 11 is 0. The van der Waals surface area contributed by atoms with Crippen molar-refractivity contribution >= 4 is 17.4 Å². The second-order valence-electron chi connectivity index (χ2n) is 5.17. The van der Waals surface area contributed by atoms with Crippen LogP contribution in [-0.4, -0.2) is 23.2 Å². The van der Waals surface area contributed by atoms with Gasteiger partial charge in [0.05, 0.1) is 31.1 Å². The Hall–Kier alpha value is -2.86. The van der Waals surface area contributed by atoms with Crippen LogP contribution in [0.5, 0.6) is 5.88 Å². The number of aromatic nitrogens is 1. The maximum absolute atomic E-state index is 10.9. The minimum Gasteiger partial charge on any atom is -0.481 e. The number of ether oxygens (including phenoxy) is 1. The maximum Gasteiger partial charge on any atom is 0.307 e. The van der Waals surface area contributed by atoms with Crippen LogP contribution in [0.2, 0.25) is 0 Å². The zero-order chi connectivity index (χ0) is 17.5. The molecule has 0 saturated heterocycles. The highest BCUT2D eigenvalue weighted by Gasteiger charge is 2.12. The molecule has 0 aliphatic carbocycles. The Bertz CT molecular complexity index is 709. The van der Waals surface area contributed by atoms with Crippen LogP contribution in [0, 0.1) is 0 Å². The summed E-state index contributed by atoms with van der Waals surface area (Å²) < 4.78 is 5.04. The van der Waals surface area contributed by atoms with E-state index in [0.717, 1.165) is 12.0 Å². The molecule has 0 aliphatic heterocycles. The minimum absolute atomic E-state index is 0.123. The molecule has 0 atom stereocenters. The van der Waals surface area contributed by atoms with Gasteiger partial charge in [0.2, 0.25) is 5.88 Å². The number of aryl methyl sites for hydroxylation is 1. The predicted octanol–water partition coefficient (Wildman–Crippen LogP) is 2.85. The third-order valence-corrected chi connectivity index (χ3v) is 3.60.